The minimum atomic E-state index is -0.0894. The van der Waals surface area contributed by atoms with Gasteiger partial charge < -0.3 is 5.32 Å². The van der Waals surface area contributed by atoms with Crippen molar-refractivity contribution in [2.24, 2.45) is 0 Å². The zero-order chi connectivity index (χ0) is 14.2. The van der Waals surface area contributed by atoms with Crippen LogP contribution in [0.4, 0.5) is 0 Å². The van der Waals surface area contributed by atoms with Crippen LogP contribution in [0.5, 0.6) is 0 Å². The lowest BCUT2D eigenvalue weighted by Gasteiger charge is -2.07. The Labute approximate surface area is 123 Å². The number of hydrogen-bond acceptors (Lipinski definition) is 3. The Hall–Kier alpha value is -1.68. The molecule has 0 spiro atoms. The second-order valence-electron chi connectivity index (χ2n) is 4.59. The van der Waals surface area contributed by atoms with Crippen LogP contribution in [0, 0.1) is 0 Å². The Morgan fingerprint density at radius 3 is 2.75 bits per heavy atom. The molecule has 0 bridgehead atoms. The summed E-state index contributed by atoms with van der Waals surface area (Å²) in [4.78, 5) is 20.6. The van der Waals surface area contributed by atoms with Crippen molar-refractivity contribution in [3.05, 3.63) is 36.2 Å². The van der Waals surface area contributed by atoms with Gasteiger partial charge in [-0.25, -0.2) is 0 Å². The molecule has 1 aromatic heterocycles. The van der Waals surface area contributed by atoms with Gasteiger partial charge in [0.25, 0.3) is 5.91 Å². The van der Waals surface area contributed by atoms with Gasteiger partial charge >= 0.3 is 0 Å². The molecule has 0 fully saturated rings. The van der Waals surface area contributed by atoms with Crippen molar-refractivity contribution in [3.8, 4) is 0 Å². The molecule has 0 saturated carbocycles. The van der Waals surface area contributed by atoms with E-state index in [9.17, 15) is 4.79 Å². The second-order valence-corrected chi connectivity index (χ2v) is 4.97. The molecule has 4 nitrogen and oxygen atoms in total. The van der Waals surface area contributed by atoms with Crippen LogP contribution in [0.3, 0.4) is 0 Å². The number of nitrogens with one attached hydrogen (secondary N) is 1. The van der Waals surface area contributed by atoms with Crippen molar-refractivity contribution in [3.63, 3.8) is 0 Å². The van der Waals surface area contributed by atoms with E-state index < -0.39 is 0 Å². The molecule has 0 saturated heterocycles. The van der Waals surface area contributed by atoms with Gasteiger partial charge in [0.1, 0.15) is 5.52 Å². The second kappa shape index (κ2) is 7.80. The maximum absolute atomic E-state index is 12.1. The zero-order valence-electron chi connectivity index (χ0n) is 11.3. The van der Waals surface area contributed by atoms with Gasteiger partial charge in [0.15, 0.2) is 0 Å². The van der Waals surface area contributed by atoms with Gasteiger partial charge in [0.05, 0.1) is 11.1 Å². The summed E-state index contributed by atoms with van der Waals surface area (Å²) in [6.07, 6.45) is 7.43. The first-order chi connectivity index (χ1) is 9.83. The summed E-state index contributed by atoms with van der Waals surface area (Å²) >= 11 is 5.62. The molecule has 2 rings (SSSR count). The topological polar surface area (TPSA) is 54.9 Å². The molecule has 106 valence electrons. The Kier molecular flexibility index (Phi) is 5.74. The number of fused-ring (bicyclic) bond motifs is 1. The van der Waals surface area contributed by atoms with E-state index in [4.69, 9.17) is 11.6 Å². The predicted molar refractivity (Wildman–Crippen MR) is 81.1 cm³/mol. The molecule has 0 radical (unpaired) electrons. The van der Waals surface area contributed by atoms with Gasteiger partial charge in [-0.1, -0.05) is 18.9 Å². The fourth-order valence-electron chi connectivity index (χ4n) is 2.05. The van der Waals surface area contributed by atoms with Gasteiger partial charge in [-0.2, -0.15) is 0 Å². The van der Waals surface area contributed by atoms with Crippen molar-refractivity contribution in [2.45, 2.75) is 25.7 Å². The molecular formula is C15H18ClN3O. The summed E-state index contributed by atoms with van der Waals surface area (Å²) in [5, 5.41) is 2.93. The molecule has 0 aliphatic rings. The van der Waals surface area contributed by atoms with Crippen LogP contribution in [0.25, 0.3) is 11.0 Å². The molecule has 1 aromatic carbocycles. The van der Waals surface area contributed by atoms with Crippen molar-refractivity contribution in [1.29, 1.82) is 0 Å². The zero-order valence-corrected chi connectivity index (χ0v) is 12.1. The van der Waals surface area contributed by atoms with Gasteiger partial charge in [-0.05, 0) is 25.0 Å². The number of aromatic nitrogens is 2. The summed E-state index contributed by atoms with van der Waals surface area (Å²) in [5.41, 5.74) is 1.97. The maximum atomic E-state index is 12.1. The molecule has 1 N–H and O–H groups in total. The number of unbranched alkanes of at least 4 members (excludes halogenated alkanes) is 3. The van der Waals surface area contributed by atoms with Gasteiger partial charge in [-0.3, -0.25) is 14.8 Å². The fraction of sp³-hybridized carbons (Fsp3) is 0.400. The molecule has 20 heavy (non-hydrogen) atoms. The highest BCUT2D eigenvalue weighted by molar-refractivity contribution is 6.17. The lowest BCUT2D eigenvalue weighted by Crippen LogP contribution is -2.24. The average molecular weight is 292 g/mol. The fourth-order valence-corrected chi connectivity index (χ4v) is 2.24. The standard InChI is InChI=1S/C15H18ClN3O/c16-8-3-1-2-4-9-19-15(20)12-6-5-7-13-14(12)18-11-10-17-13/h5-7,10-11H,1-4,8-9H2,(H,19,20). The predicted octanol–water partition coefficient (Wildman–Crippen LogP) is 3.16. The number of carbonyl (C=O) groups is 1. The molecule has 0 aliphatic carbocycles. The van der Waals surface area contributed by atoms with E-state index in [1.165, 1.54) is 0 Å². The number of rotatable bonds is 7. The summed E-state index contributed by atoms with van der Waals surface area (Å²) < 4.78 is 0. The smallest absolute Gasteiger partial charge is 0.253 e. The lowest BCUT2D eigenvalue weighted by atomic mass is 10.1. The highest BCUT2D eigenvalue weighted by Crippen LogP contribution is 2.13. The van der Waals surface area contributed by atoms with Crippen LogP contribution in [0.15, 0.2) is 30.6 Å². The Bertz CT molecular complexity index is 569. The van der Waals surface area contributed by atoms with E-state index in [1.807, 2.05) is 12.1 Å². The SMILES string of the molecule is O=C(NCCCCCCCl)c1cccc2nccnc12. The third kappa shape index (κ3) is 3.90. The number of alkyl halides is 1. The quantitative estimate of drug-likeness (QED) is 0.630. The van der Waals surface area contributed by atoms with E-state index in [0.717, 1.165) is 31.2 Å². The minimum Gasteiger partial charge on any atom is -0.352 e. The minimum absolute atomic E-state index is 0.0894. The summed E-state index contributed by atoms with van der Waals surface area (Å²) in [6.45, 7) is 0.678. The van der Waals surface area contributed by atoms with Crippen LogP contribution >= 0.6 is 11.6 Å². The number of carbonyl (C=O) groups excluding carboxylic acids is 1. The van der Waals surface area contributed by atoms with Gasteiger partial charge in [0.2, 0.25) is 0 Å². The molecule has 1 amide bonds. The highest BCUT2D eigenvalue weighted by atomic mass is 35.5. The largest absolute Gasteiger partial charge is 0.352 e. The molecule has 1 heterocycles. The summed E-state index contributed by atoms with van der Waals surface area (Å²) in [5.74, 6) is 0.620. The summed E-state index contributed by atoms with van der Waals surface area (Å²) in [7, 11) is 0. The lowest BCUT2D eigenvalue weighted by molar-refractivity contribution is 0.0954. The van der Waals surface area contributed by atoms with Crippen molar-refractivity contribution < 1.29 is 4.79 Å². The van der Waals surface area contributed by atoms with Crippen LogP contribution in [-0.4, -0.2) is 28.3 Å². The van der Waals surface area contributed by atoms with Crippen LogP contribution in [-0.2, 0) is 0 Å². The first-order valence-electron chi connectivity index (χ1n) is 6.87. The van der Waals surface area contributed by atoms with Crippen molar-refractivity contribution in [2.75, 3.05) is 12.4 Å². The van der Waals surface area contributed by atoms with Crippen LogP contribution in [0.2, 0.25) is 0 Å². The number of halogens is 1. The van der Waals surface area contributed by atoms with Gasteiger partial charge in [0, 0.05) is 24.8 Å². The molecule has 0 aliphatic heterocycles. The summed E-state index contributed by atoms with van der Waals surface area (Å²) in [6, 6.07) is 5.46. The van der Waals surface area contributed by atoms with E-state index in [0.29, 0.717) is 23.5 Å². The number of benzene rings is 1. The molecule has 0 unspecified atom stereocenters. The van der Waals surface area contributed by atoms with Crippen LogP contribution < -0.4 is 5.32 Å². The van der Waals surface area contributed by atoms with E-state index in [2.05, 4.69) is 15.3 Å². The van der Waals surface area contributed by atoms with Crippen LogP contribution in [0.1, 0.15) is 36.0 Å². The number of nitrogens with zero attached hydrogens (tertiary/aromatic N) is 2. The molecule has 5 heteroatoms. The Morgan fingerprint density at radius 1 is 1.10 bits per heavy atom. The van der Waals surface area contributed by atoms with Crippen molar-refractivity contribution >= 4 is 28.5 Å². The number of para-hydroxylation sites is 1. The average Bonchev–Trinajstić information content (AvgIpc) is 2.50. The first kappa shape index (κ1) is 14.7. The molecule has 2 aromatic rings. The Morgan fingerprint density at radius 2 is 1.90 bits per heavy atom. The Balaban J connectivity index is 1.91. The van der Waals surface area contributed by atoms with E-state index in [1.54, 1.807) is 18.5 Å². The maximum Gasteiger partial charge on any atom is 0.253 e. The third-order valence-corrected chi connectivity index (χ3v) is 3.36. The normalized spacial score (nSPS) is 10.7. The number of amides is 1. The van der Waals surface area contributed by atoms with E-state index in [-0.39, 0.29) is 5.91 Å². The van der Waals surface area contributed by atoms with E-state index >= 15 is 0 Å². The van der Waals surface area contributed by atoms with Crippen molar-refractivity contribution in [1.82, 2.24) is 15.3 Å². The monoisotopic (exact) mass is 291 g/mol. The third-order valence-electron chi connectivity index (χ3n) is 3.09. The molecular weight excluding hydrogens is 274 g/mol. The highest BCUT2D eigenvalue weighted by Gasteiger charge is 2.10. The van der Waals surface area contributed by atoms with Gasteiger partial charge in [-0.15, -0.1) is 11.6 Å². The molecule has 0 atom stereocenters. The number of hydrogen-bond donors (Lipinski definition) is 1. The first-order valence-corrected chi connectivity index (χ1v) is 7.40.